The zero-order valence-electron chi connectivity index (χ0n) is 13.7. The van der Waals surface area contributed by atoms with E-state index in [-0.39, 0.29) is 9.92 Å². The molecule has 3 rings (SSSR count). The number of quaternary nitrogens is 1. The highest BCUT2D eigenvalue weighted by Gasteiger charge is 2.31. The molecule has 0 aromatic heterocycles. The Morgan fingerprint density at radius 2 is 1.72 bits per heavy atom. The summed E-state index contributed by atoms with van der Waals surface area (Å²) in [6, 6.07) is 16.3. The van der Waals surface area contributed by atoms with Gasteiger partial charge in [0, 0.05) is 5.56 Å². The molecule has 0 saturated carbocycles. The Labute approximate surface area is 153 Å². The van der Waals surface area contributed by atoms with E-state index in [0.29, 0.717) is 31.7 Å². The van der Waals surface area contributed by atoms with Crippen molar-refractivity contribution in [3.63, 3.8) is 0 Å². The summed E-state index contributed by atoms with van der Waals surface area (Å²) >= 11 is 6.06. The Kier molecular flexibility index (Phi) is 5.40. The van der Waals surface area contributed by atoms with Gasteiger partial charge in [0.1, 0.15) is 11.4 Å². The fourth-order valence-corrected chi connectivity index (χ4v) is 5.00. The lowest BCUT2D eigenvalue weighted by Crippen LogP contribution is -3.13. The minimum absolute atomic E-state index is 0.162. The minimum atomic E-state index is -3.57. The average Bonchev–Trinajstić information content (AvgIpc) is 2.63. The zero-order chi connectivity index (χ0) is 17.9. The van der Waals surface area contributed by atoms with Crippen LogP contribution in [0.1, 0.15) is 11.1 Å². The van der Waals surface area contributed by atoms with Crippen LogP contribution in [0.5, 0.6) is 0 Å². The summed E-state index contributed by atoms with van der Waals surface area (Å²) in [6.07, 6.45) is 0. The Hall–Kier alpha value is -1.91. The molecule has 1 aliphatic heterocycles. The van der Waals surface area contributed by atoms with Gasteiger partial charge in [-0.05, 0) is 18.2 Å². The van der Waals surface area contributed by atoms with E-state index in [1.165, 1.54) is 9.21 Å². The molecule has 1 fully saturated rings. The van der Waals surface area contributed by atoms with E-state index in [2.05, 4.69) is 6.07 Å². The predicted molar refractivity (Wildman–Crippen MR) is 95.8 cm³/mol. The van der Waals surface area contributed by atoms with Crippen LogP contribution in [-0.2, 0) is 16.6 Å². The second kappa shape index (κ2) is 7.54. The largest absolute Gasteiger partial charge is 0.329 e. The normalized spacial score (nSPS) is 16.5. The molecule has 0 atom stereocenters. The van der Waals surface area contributed by atoms with Crippen molar-refractivity contribution < 1.29 is 13.3 Å². The van der Waals surface area contributed by atoms with E-state index in [0.717, 1.165) is 12.1 Å². The van der Waals surface area contributed by atoms with Crippen LogP contribution in [0.2, 0.25) is 5.02 Å². The number of nitrogens with zero attached hydrogens (tertiary/aromatic N) is 2. The second-order valence-corrected chi connectivity index (χ2v) is 8.34. The van der Waals surface area contributed by atoms with E-state index in [9.17, 15) is 13.7 Å². The van der Waals surface area contributed by atoms with Crippen LogP contribution in [0.25, 0.3) is 0 Å². The molecular weight excluding hydrogens is 358 g/mol. The topological polar surface area (TPSA) is 65.6 Å². The molecule has 1 heterocycles. The molecule has 130 valence electrons. The van der Waals surface area contributed by atoms with Crippen LogP contribution >= 0.6 is 11.6 Å². The van der Waals surface area contributed by atoms with Gasteiger partial charge in [-0.2, -0.15) is 9.57 Å². The first kappa shape index (κ1) is 17.9. The maximum absolute atomic E-state index is 12.8. The molecule has 2 aromatic carbocycles. The summed E-state index contributed by atoms with van der Waals surface area (Å²) in [5.41, 5.74) is 1.68. The van der Waals surface area contributed by atoms with Gasteiger partial charge in [-0.15, -0.1) is 0 Å². The number of hydrogen-bond donors (Lipinski definition) is 1. The van der Waals surface area contributed by atoms with Gasteiger partial charge in [-0.3, -0.25) is 0 Å². The Bertz CT molecular complexity index is 901. The monoisotopic (exact) mass is 376 g/mol. The molecule has 2 aromatic rings. The molecule has 0 amide bonds. The molecular formula is C18H19ClN3O2S+. The Morgan fingerprint density at radius 1 is 1.08 bits per heavy atom. The van der Waals surface area contributed by atoms with Gasteiger partial charge >= 0.3 is 0 Å². The van der Waals surface area contributed by atoms with Crippen LogP contribution in [0.3, 0.4) is 0 Å². The predicted octanol–water partition coefficient (Wildman–Crippen LogP) is 1.30. The number of hydrogen-bond acceptors (Lipinski definition) is 3. The molecule has 0 radical (unpaired) electrons. The SMILES string of the molecule is N#Cc1ccccc1C[NH+]1CCN(S(=O)(=O)c2ccccc2Cl)CC1. The van der Waals surface area contributed by atoms with E-state index in [1.807, 2.05) is 24.3 Å². The van der Waals surface area contributed by atoms with E-state index >= 15 is 0 Å². The lowest BCUT2D eigenvalue weighted by atomic mass is 10.1. The molecule has 0 bridgehead atoms. The first-order valence-electron chi connectivity index (χ1n) is 8.08. The van der Waals surface area contributed by atoms with Gasteiger partial charge in [0.25, 0.3) is 0 Å². The van der Waals surface area contributed by atoms with Crippen molar-refractivity contribution in [3.8, 4) is 6.07 Å². The highest BCUT2D eigenvalue weighted by atomic mass is 35.5. The van der Waals surface area contributed by atoms with Gasteiger partial charge in [-0.1, -0.05) is 41.9 Å². The molecule has 0 unspecified atom stereocenters. The maximum Gasteiger partial charge on any atom is 0.244 e. The third kappa shape index (κ3) is 3.86. The van der Waals surface area contributed by atoms with E-state index in [1.54, 1.807) is 24.3 Å². The number of piperazine rings is 1. The van der Waals surface area contributed by atoms with Gasteiger partial charge in [0.2, 0.25) is 10.0 Å². The minimum Gasteiger partial charge on any atom is -0.329 e. The standard InChI is InChI=1S/C18H18ClN3O2S/c19-17-7-3-4-8-18(17)25(23,24)22-11-9-21(10-12-22)14-16-6-2-1-5-15(16)13-20/h1-8H,9-12,14H2/p+1. The third-order valence-corrected chi connectivity index (χ3v) is 6.86. The molecule has 1 aliphatic rings. The third-order valence-electron chi connectivity index (χ3n) is 4.46. The van der Waals surface area contributed by atoms with Gasteiger partial charge < -0.3 is 4.90 Å². The summed E-state index contributed by atoms with van der Waals surface area (Å²) in [7, 11) is -3.57. The van der Waals surface area contributed by atoms with Crippen molar-refractivity contribution >= 4 is 21.6 Å². The molecule has 7 heteroatoms. The number of sulfonamides is 1. The van der Waals surface area contributed by atoms with Gasteiger partial charge in [0.15, 0.2) is 0 Å². The van der Waals surface area contributed by atoms with Crippen molar-refractivity contribution in [1.29, 1.82) is 5.26 Å². The summed E-state index contributed by atoms with van der Waals surface area (Å²) in [4.78, 5) is 1.43. The summed E-state index contributed by atoms with van der Waals surface area (Å²) in [6.45, 7) is 3.01. The number of benzene rings is 2. The number of nitriles is 1. The van der Waals surface area contributed by atoms with Crippen molar-refractivity contribution in [1.82, 2.24) is 4.31 Å². The average molecular weight is 377 g/mol. The van der Waals surface area contributed by atoms with Crippen molar-refractivity contribution in [2.45, 2.75) is 11.4 Å². The van der Waals surface area contributed by atoms with Crippen molar-refractivity contribution in [2.24, 2.45) is 0 Å². The summed E-state index contributed by atoms with van der Waals surface area (Å²) in [5.74, 6) is 0. The summed E-state index contributed by atoms with van der Waals surface area (Å²) < 4.78 is 27.0. The fourth-order valence-electron chi connectivity index (χ4n) is 3.07. The lowest BCUT2D eigenvalue weighted by Gasteiger charge is -2.31. The Balaban J connectivity index is 1.68. The molecule has 1 saturated heterocycles. The van der Waals surface area contributed by atoms with Crippen LogP contribution in [0.4, 0.5) is 0 Å². The quantitative estimate of drug-likeness (QED) is 0.874. The first-order chi connectivity index (χ1) is 12.0. The highest BCUT2D eigenvalue weighted by Crippen LogP contribution is 2.24. The lowest BCUT2D eigenvalue weighted by molar-refractivity contribution is -0.917. The smallest absolute Gasteiger partial charge is 0.244 e. The first-order valence-corrected chi connectivity index (χ1v) is 9.90. The summed E-state index contributed by atoms with van der Waals surface area (Å²) in [5, 5.41) is 9.44. The number of halogens is 1. The molecule has 25 heavy (non-hydrogen) atoms. The molecule has 1 N–H and O–H groups in total. The van der Waals surface area contributed by atoms with Gasteiger partial charge in [-0.25, -0.2) is 8.42 Å². The van der Waals surface area contributed by atoms with Crippen LogP contribution in [0, 0.1) is 11.3 Å². The van der Waals surface area contributed by atoms with Crippen LogP contribution in [0.15, 0.2) is 53.4 Å². The maximum atomic E-state index is 12.8. The number of rotatable bonds is 4. The van der Waals surface area contributed by atoms with Crippen molar-refractivity contribution in [2.75, 3.05) is 26.2 Å². The van der Waals surface area contributed by atoms with Gasteiger partial charge in [0.05, 0.1) is 42.8 Å². The molecule has 0 spiro atoms. The van der Waals surface area contributed by atoms with Crippen LogP contribution < -0.4 is 4.90 Å². The van der Waals surface area contributed by atoms with Crippen LogP contribution in [-0.4, -0.2) is 38.9 Å². The van der Waals surface area contributed by atoms with E-state index in [4.69, 9.17) is 11.6 Å². The Morgan fingerprint density at radius 3 is 2.40 bits per heavy atom. The highest BCUT2D eigenvalue weighted by molar-refractivity contribution is 7.89. The molecule has 5 nitrogen and oxygen atoms in total. The van der Waals surface area contributed by atoms with Crippen molar-refractivity contribution in [3.05, 3.63) is 64.7 Å². The number of nitrogens with one attached hydrogen (secondary N) is 1. The second-order valence-electron chi connectivity index (χ2n) is 6.03. The fraction of sp³-hybridized carbons (Fsp3) is 0.278. The zero-order valence-corrected chi connectivity index (χ0v) is 15.2. The molecule has 0 aliphatic carbocycles. The van der Waals surface area contributed by atoms with E-state index < -0.39 is 10.0 Å².